The highest BCUT2D eigenvalue weighted by atomic mass is 79.9. The van der Waals surface area contributed by atoms with Crippen LogP contribution in [0.5, 0.6) is 5.75 Å². The van der Waals surface area contributed by atoms with Gasteiger partial charge in [-0.1, -0.05) is 22.9 Å². The van der Waals surface area contributed by atoms with Crippen LogP contribution in [-0.2, 0) is 9.59 Å². The van der Waals surface area contributed by atoms with Crippen molar-refractivity contribution in [3.8, 4) is 5.75 Å². The molecule has 7 heteroatoms. The number of carbonyl (C=O) groups is 2. The van der Waals surface area contributed by atoms with E-state index in [0.717, 1.165) is 14.5 Å². The van der Waals surface area contributed by atoms with Crippen LogP contribution < -0.4 is 15.4 Å². The van der Waals surface area contributed by atoms with E-state index in [1.807, 2.05) is 12.1 Å². The van der Waals surface area contributed by atoms with Crippen molar-refractivity contribution in [2.75, 3.05) is 17.7 Å². The molecular formula is C19H18Br2N2O3. The fourth-order valence-electron chi connectivity index (χ4n) is 2.16. The van der Waals surface area contributed by atoms with Crippen LogP contribution in [0.15, 0.2) is 51.4 Å². The lowest BCUT2D eigenvalue weighted by molar-refractivity contribution is -0.116. The first-order valence-corrected chi connectivity index (χ1v) is 9.43. The van der Waals surface area contributed by atoms with Crippen molar-refractivity contribution in [2.24, 2.45) is 0 Å². The Balaban J connectivity index is 2.05. The van der Waals surface area contributed by atoms with Gasteiger partial charge in [-0.3, -0.25) is 9.59 Å². The van der Waals surface area contributed by atoms with Crippen LogP contribution >= 0.6 is 31.9 Å². The van der Waals surface area contributed by atoms with Crippen molar-refractivity contribution in [3.63, 3.8) is 0 Å². The summed E-state index contributed by atoms with van der Waals surface area (Å²) >= 11 is 6.84. The molecule has 0 fully saturated rings. The molecule has 0 unspecified atom stereocenters. The van der Waals surface area contributed by atoms with E-state index in [9.17, 15) is 9.59 Å². The normalized spacial score (nSPS) is 10.6. The quantitative estimate of drug-likeness (QED) is 0.555. The van der Waals surface area contributed by atoms with E-state index >= 15 is 0 Å². The number of methoxy groups -OCH3 is 1. The summed E-state index contributed by atoms with van der Waals surface area (Å²) in [6.45, 7) is 1.79. The molecule has 2 rings (SSSR count). The van der Waals surface area contributed by atoms with Gasteiger partial charge in [-0.2, -0.15) is 0 Å². The zero-order valence-corrected chi connectivity index (χ0v) is 17.5. The van der Waals surface area contributed by atoms with Crippen LogP contribution in [-0.4, -0.2) is 18.9 Å². The maximum absolute atomic E-state index is 12.1. The molecule has 0 aliphatic rings. The summed E-state index contributed by atoms with van der Waals surface area (Å²) in [5.74, 6) is 0.320. The van der Waals surface area contributed by atoms with E-state index in [1.165, 1.54) is 6.08 Å². The van der Waals surface area contributed by atoms with Crippen LogP contribution in [0.4, 0.5) is 11.4 Å². The minimum atomic E-state index is -0.270. The molecule has 2 N–H and O–H groups in total. The number of amides is 2. The second kappa shape index (κ2) is 9.54. The lowest BCUT2D eigenvalue weighted by Crippen LogP contribution is -2.10. The fourth-order valence-corrected chi connectivity index (χ4v) is 3.58. The number of hydrogen-bond acceptors (Lipinski definition) is 3. The third-order valence-corrected chi connectivity index (χ3v) is 4.46. The summed E-state index contributed by atoms with van der Waals surface area (Å²) < 4.78 is 7.01. The molecule has 0 atom stereocenters. The Morgan fingerprint density at radius 3 is 2.27 bits per heavy atom. The van der Waals surface area contributed by atoms with Gasteiger partial charge in [-0.15, -0.1) is 0 Å². The molecule has 2 aromatic rings. The minimum absolute atomic E-state index is 0.0566. The average Bonchev–Trinajstić information content (AvgIpc) is 2.61. The number of benzene rings is 2. The number of carbonyl (C=O) groups excluding carboxylic acids is 2. The first-order valence-electron chi connectivity index (χ1n) is 7.85. The van der Waals surface area contributed by atoms with Gasteiger partial charge in [0.15, 0.2) is 0 Å². The smallest absolute Gasteiger partial charge is 0.248 e. The van der Waals surface area contributed by atoms with E-state index < -0.39 is 0 Å². The Kier molecular flexibility index (Phi) is 7.41. The van der Waals surface area contributed by atoms with E-state index in [1.54, 1.807) is 44.4 Å². The van der Waals surface area contributed by atoms with Crippen molar-refractivity contribution in [1.29, 1.82) is 0 Å². The monoisotopic (exact) mass is 480 g/mol. The summed E-state index contributed by atoms with van der Waals surface area (Å²) in [4.78, 5) is 23.5. The van der Waals surface area contributed by atoms with Gasteiger partial charge >= 0.3 is 0 Å². The summed E-state index contributed by atoms with van der Waals surface area (Å²) in [6, 6.07) is 10.7. The SMILES string of the molecule is CCC(=O)Nc1ccc(NC(=O)/C=C/c2cc(Br)cc(Br)c2OC)cc1. The van der Waals surface area contributed by atoms with E-state index in [4.69, 9.17) is 4.74 Å². The van der Waals surface area contributed by atoms with E-state index in [2.05, 4.69) is 42.5 Å². The van der Waals surface area contributed by atoms with Crippen LogP contribution in [0, 0.1) is 0 Å². The van der Waals surface area contributed by atoms with Gasteiger partial charge in [0.25, 0.3) is 0 Å². The van der Waals surface area contributed by atoms with Crippen molar-refractivity contribution < 1.29 is 14.3 Å². The molecule has 0 bridgehead atoms. The second-order valence-corrected chi connectivity index (χ2v) is 7.08. The molecular weight excluding hydrogens is 464 g/mol. The van der Waals surface area contributed by atoms with Crippen LogP contribution in [0.25, 0.3) is 6.08 Å². The molecule has 0 heterocycles. The van der Waals surface area contributed by atoms with Crippen LogP contribution in [0.1, 0.15) is 18.9 Å². The second-order valence-electron chi connectivity index (χ2n) is 5.31. The van der Waals surface area contributed by atoms with Crippen molar-refractivity contribution in [1.82, 2.24) is 0 Å². The van der Waals surface area contributed by atoms with Crippen LogP contribution in [0.2, 0.25) is 0 Å². The van der Waals surface area contributed by atoms with Gasteiger partial charge in [-0.05, 0) is 58.4 Å². The molecule has 0 aliphatic heterocycles. The maximum Gasteiger partial charge on any atom is 0.248 e. The fraction of sp³-hybridized carbons (Fsp3) is 0.158. The first-order chi connectivity index (χ1) is 12.4. The van der Waals surface area contributed by atoms with Crippen LogP contribution in [0.3, 0.4) is 0 Å². The number of halogens is 2. The summed E-state index contributed by atoms with van der Waals surface area (Å²) in [7, 11) is 1.57. The predicted molar refractivity (Wildman–Crippen MR) is 111 cm³/mol. The van der Waals surface area contributed by atoms with Gasteiger partial charge in [-0.25, -0.2) is 0 Å². The standard InChI is InChI=1S/C19H18Br2N2O3/c1-3-17(24)22-14-5-7-15(8-6-14)23-18(25)9-4-12-10-13(20)11-16(21)19(12)26-2/h4-11H,3H2,1-2H3,(H,22,24)(H,23,25)/b9-4+. The highest BCUT2D eigenvalue weighted by Crippen LogP contribution is 2.33. The minimum Gasteiger partial charge on any atom is -0.495 e. The zero-order chi connectivity index (χ0) is 19.1. The molecule has 0 radical (unpaired) electrons. The lowest BCUT2D eigenvalue weighted by atomic mass is 10.2. The molecule has 0 spiro atoms. The van der Waals surface area contributed by atoms with Gasteiger partial charge in [0, 0.05) is 33.9 Å². The third-order valence-electron chi connectivity index (χ3n) is 3.41. The topological polar surface area (TPSA) is 67.4 Å². The molecule has 0 saturated carbocycles. The molecule has 26 heavy (non-hydrogen) atoms. The molecule has 0 aromatic heterocycles. The van der Waals surface area contributed by atoms with Crippen molar-refractivity contribution >= 4 is 61.1 Å². The molecule has 2 aromatic carbocycles. The highest BCUT2D eigenvalue weighted by molar-refractivity contribution is 9.11. The van der Waals surface area contributed by atoms with Crippen molar-refractivity contribution in [3.05, 3.63) is 57.0 Å². The molecule has 0 aliphatic carbocycles. The summed E-state index contributed by atoms with van der Waals surface area (Å²) in [5.41, 5.74) is 2.09. The Labute approximate surface area is 169 Å². The molecule has 0 saturated heterocycles. The van der Waals surface area contributed by atoms with Crippen molar-refractivity contribution in [2.45, 2.75) is 13.3 Å². The maximum atomic E-state index is 12.1. The van der Waals surface area contributed by atoms with E-state index in [0.29, 0.717) is 23.5 Å². The number of rotatable bonds is 6. The Bertz CT molecular complexity index is 833. The molecule has 136 valence electrons. The Morgan fingerprint density at radius 1 is 1.08 bits per heavy atom. The Morgan fingerprint density at radius 2 is 1.69 bits per heavy atom. The van der Waals surface area contributed by atoms with Gasteiger partial charge in [0.2, 0.25) is 11.8 Å². The summed E-state index contributed by atoms with van der Waals surface area (Å²) in [5, 5.41) is 5.52. The van der Waals surface area contributed by atoms with Gasteiger partial charge in [0.05, 0.1) is 11.6 Å². The number of anilines is 2. The van der Waals surface area contributed by atoms with E-state index in [-0.39, 0.29) is 11.8 Å². The van der Waals surface area contributed by atoms with Gasteiger partial charge in [0.1, 0.15) is 5.75 Å². The largest absolute Gasteiger partial charge is 0.495 e. The average molecular weight is 482 g/mol. The number of hydrogen-bond donors (Lipinski definition) is 2. The summed E-state index contributed by atoms with van der Waals surface area (Å²) in [6.07, 6.45) is 3.53. The van der Waals surface area contributed by atoms with Gasteiger partial charge < -0.3 is 15.4 Å². The predicted octanol–water partition coefficient (Wildman–Crippen LogP) is 5.22. The Hall–Kier alpha value is -2.12. The first kappa shape index (κ1) is 20.2. The molecule has 5 nitrogen and oxygen atoms in total. The molecule has 2 amide bonds. The number of ether oxygens (including phenoxy) is 1. The lowest BCUT2D eigenvalue weighted by Gasteiger charge is -2.08. The third kappa shape index (κ3) is 5.71. The number of nitrogens with one attached hydrogen (secondary N) is 2. The zero-order valence-electron chi connectivity index (χ0n) is 14.3. The highest BCUT2D eigenvalue weighted by Gasteiger charge is 2.07.